The van der Waals surface area contributed by atoms with Gasteiger partial charge in [0.1, 0.15) is 0 Å². The summed E-state index contributed by atoms with van der Waals surface area (Å²) in [6.07, 6.45) is 0. The predicted molar refractivity (Wildman–Crippen MR) is 51.1 cm³/mol. The van der Waals surface area contributed by atoms with Crippen molar-refractivity contribution >= 4 is 38.6 Å². The topological polar surface area (TPSA) is 40.1 Å². The van der Waals surface area contributed by atoms with Crippen molar-refractivity contribution in [3.63, 3.8) is 0 Å². The van der Waals surface area contributed by atoms with E-state index in [0.29, 0.717) is 15.1 Å². The van der Waals surface area contributed by atoms with Gasteiger partial charge in [0.05, 0.1) is 5.02 Å². The van der Waals surface area contributed by atoms with E-state index in [9.17, 15) is 8.76 Å². The maximum atomic E-state index is 10.6. The molecule has 1 atom stereocenters. The average Bonchev–Trinajstić information content (AvgIpc) is 1.96. The molecule has 0 aliphatic heterocycles. The van der Waals surface area contributed by atoms with Crippen molar-refractivity contribution in [1.82, 2.24) is 0 Å². The summed E-state index contributed by atoms with van der Waals surface area (Å²) in [6, 6.07) is 3.09. The van der Waals surface area contributed by atoms with Crippen LogP contribution in [0.3, 0.4) is 0 Å². The molecule has 0 saturated heterocycles. The molecule has 0 amide bonds. The zero-order chi connectivity index (χ0) is 9.30. The Hall–Kier alpha value is 1.10. The van der Waals surface area contributed by atoms with E-state index in [0.717, 1.165) is 0 Å². The van der Waals surface area contributed by atoms with Crippen molar-refractivity contribution in [3.05, 3.63) is 27.2 Å². The van der Waals surface area contributed by atoms with Gasteiger partial charge in [-0.2, -0.15) is 0 Å². The Kier molecular flexibility index (Phi) is 6.35. The fourth-order valence-corrected chi connectivity index (χ4v) is 2.06. The van der Waals surface area contributed by atoms with Gasteiger partial charge in [-0.25, -0.2) is 0 Å². The van der Waals surface area contributed by atoms with E-state index in [1.807, 2.05) is 0 Å². The molecule has 1 aromatic carbocycles. The molecule has 0 aromatic heterocycles. The third-order valence-corrected chi connectivity index (χ3v) is 3.39. The molecule has 1 unspecified atom stereocenters. The second-order valence-electron chi connectivity index (χ2n) is 2.27. The summed E-state index contributed by atoms with van der Waals surface area (Å²) >= 11 is 6.69. The van der Waals surface area contributed by atoms with Crippen LogP contribution in [0.1, 0.15) is 5.56 Å². The molecule has 6 heteroatoms. The second kappa shape index (κ2) is 5.85. The third-order valence-electron chi connectivity index (χ3n) is 1.40. The van der Waals surface area contributed by atoms with E-state index < -0.39 is 11.1 Å². The summed E-state index contributed by atoms with van der Waals surface area (Å²) in [5.74, 6) is 0. The van der Waals surface area contributed by atoms with E-state index >= 15 is 0 Å². The molecular weight excluding hydrogens is 286 g/mol. The van der Waals surface area contributed by atoms with Crippen LogP contribution >= 0.6 is 27.5 Å². The summed E-state index contributed by atoms with van der Waals surface area (Å²) in [5.41, 5.74) is 0.650. The number of hydrogen-bond acceptors (Lipinski definition) is 2. The van der Waals surface area contributed by atoms with Gasteiger partial charge in [-0.05, 0) is 51.6 Å². The number of aryl methyl sites for hydroxylation is 1. The fraction of sp³-hybridized carbons (Fsp3) is 0.143. The van der Waals surface area contributed by atoms with Crippen LogP contribution in [0.25, 0.3) is 0 Å². The van der Waals surface area contributed by atoms with Crippen molar-refractivity contribution in [1.29, 1.82) is 0 Å². The smallest absolute Gasteiger partial charge is 0.768 e. The van der Waals surface area contributed by atoms with Gasteiger partial charge in [0.25, 0.3) is 0 Å². The van der Waals surface area contributed by atoms with Crippen LogP contribution in [-0.2, 0) is 11.1 Å². The van der Waals surface area contributed by atoms with Crippen LogP contribution in [0.15, 0.2) is 21.5 Å². The zero-order valence-corrected chi connectivity index (χ0v) is 12.3. The largest absolute Gasteiger partial charge is 1.00 e. The normalized spacial score (nSPS) is 12.0. The summed E-state index contributed by atoms with van der Waals surface area (Å²) in [4.78, 5) is 0.270. The van der Waals surface area contributed by atoms with Gasteiger partial charge < -0.3 is 4.55 Å². The first kappa shape index (κ1) is 14.1. The summed E-state index contributed by atoms with van der Waals surface area (Å²) in [5, 5.41) is 0.515. The Morgan fingerprint density at radius 1 is 1.54 bits per heavy atom. The van der Waals surface area contributed by atoms with Crippen molar-refractivity contribution < 1.29 is 38.3 Å². The number of halogens is 2. The summed E-state index contributed by atoms with van der Waals surface area (Å²) < 4.78 is 21.8. The Labute approximate surface area is 115 Å². The maximum absolute atomic E-state index is 10.6. The number of rotatable bonds is 1. The number of benzene rings is 1. The quantitative estimate of drug-likeness (QED) is 0.524. The molecule has 0 spiro atoms. The molecule has 2 nitrogen and oxygen atoms in total. The Balaban J connectivity index is 0.00000144. The fourth-order valence-electron chi connectivity index (χ4n) is 0.808. The molecular formula is C7H5BrClNaO2S. The van der Waals surface area contributed by atoms with Crippen LogP contribution in [0.4, 0.5) is 0 Å². The van der Waals surface area contributed by atoms with E-state index in [2.05, 4.69) is 15.9 Å². The van der Waals surface area contributed by atoms with Gasteiger partial charge in [0, 0.05) is 9.37 Å². The number of hydrogen-bond donors (Lipinski definition) is 0. The van der Waals surface area contributed by atoms with Gasteiger partial charge in [0.2, 0.25) is 0 Å². The van der Waals surface area contributed by atoms with Crippen LogP contribution < -0.4 is 29.6 Å². The molecule has 0 aliphatic carbocycles. The van der Waals surface area contributed by atoms with Crippen LogP contribution in [0.2, 0.25) is 5.02 Å². The van der Waals surface area contributed by atoms with Crippen molar-refractivity contribution in [2.45, 2.75) is 11.8 Å². The zero-order valence-electron chi connectivity index (χ0n) is 7.14. The molecule has 1 rings (SSSR count). The molecule has 0 N–H and O–H groups in total. The van der Waals surface area contributed by atoms with Crippen LogP contribution in [-0.4, -0.2) is 8.76 Å². The monoisotopic (exact) mass is 290 g/mol. The molecule has 0 aliphatic rings. The minimum absolute atomic E-state index is 0. The van der Waals surface area contributed by atoms with E-state index in [1.165, 1.54) is 6.07 Å². The van der Waals surface area contributed by atoms with Crippen molar-refractivity contribution in [2.75, 3.05) is 0 Å². The maximum Gasteiger partial charge on any atom is 1.00 e. The van der Waals surface area contributed by atoms with E-state index in [1.54, 1.807) is 13.0 Å². The third kappa shape index (κ3) is 3.63. The molecule has 1 aromatic rings. The van der Waals surface area contributed by atoms with Crippen LogP contribution in [0.5, 0.6) is 0 Å². The molecule has 66 valence electrons. The molecule has 0 saturated carbocycles. The first-order chi connectivity index (χ1) is 5.52. The standard InChI is InChI=1S/C7H6BrClO2S.Na/c1-4-2-6(9)5(8)3-7(4)12(10)11;/h2-3H,1H3,(H,10,11);/q;+1/p-1. The van der Waals surface area contributed by atoms with Crippen molar-refractivity contribution in [2.24, 2.45) is 0 Å². The minimum atomic E-state index is -2.20. The van der Waals surface area contributed by atoms with Crippen molar-refractivity contribution in [3.8, 4) is 0 Å². The Morgan fingerprint density at radius 2 is 2.08 bits per heavy atom. The molecule has 0 fully saturated rings. The Bertz CT molecular complexity index is 346. The Morgan fingerprint density at radius 3 is 2.54 bits per heavy atom. The molecule has 0 bridgehead atoms. The molecule has 0 radical (unpaired) electrons. The van der Waals surface area contributed by atoms with Crippen LogP contribution in [0, 0.1) is 6.92 Å². The van der Waals surface area contributed by atoms with E-state index in [4.69, 9.17) is 11.6 Å². The summed E-state index contributed by atoms with van der Waals surface area (Å²) in [6.45, 7) is 1.70. The molecule has 0 heterocycles. The SMILES string of the molecule is Cc1cc(Cl)c(Br)cc1S(=O)[O-].[Na+]. The molecule has 13 heavy (non-hydrogen) atoms. The van der Waals surface area contributed by atoms with E-state index in [-0.39, 0.29) is 34.5 Å². The van der Waals surface area contributed by atoms with Gasteiger partial charge in [-0.15, -0.1) is 0 Å². The summed E-state index contributed by atoms with van der Waals surface area (Å²) in [7, 11) is 0. The van der Waals surface area contributed by atoms with Gasteiger partial charge >= 0.3 is 29.6 Å². The van der Waals surface area contributed by atoms with Gasteiger partial charge in [-0.1, -0.05) is 11.6 Å². The predicted octanol–water partition coefficient (Wildman–Crippen LogP) is -0.347. The van der Waals surface area contributed by atoms with Gasteiger partial charge in [-0.3, -0.25) is 4.21 Å². The first-order valence-corrected chi connectivity index (χ1v) is 5.32. The minimum Gasteiger partial charge on any atom is -0.768 e. The van der Waals surface area contributed by atoms with Gasteiger partial charge in [0.15, 0.2) is 0 Å². The average molecular weight is 292 g/mol. The first-order valence-electron chi connectivity index (χ1n) is 3.07. The second-order valence-corrected chi connectivity index (χ2v) is 4.44.